The molecule has 0 bridgehead atoms. The molecule has 1 saturated heterocycles. The summed E-state index contributed by atoms with van der Waals surface area (Å²) in [5.74, 6) is 7.08. The molecule has 0 aliphatic carbocycles. The van der Waals surface area contributed by atoms with Crippen molar-refractivity contribution in [1.82, 2.24) is 10.4 Å². The molecule has 4 heteroatoms. The third-order valence-corrected chi connectivity index (χ3v) is 5.59. The fraction of sp³-hybridized carbons (Fsp3) is 0.400. The number of thioether (sulfide) groups is 1. The lowest BCUT2D eigenvalue weighted by Crippen LogP contribution is -2.41. The molecule has 3 N–H and O–H groups in total. The van der Waals surface area contributed by atoms with Crippen molar-refractivity contribution in [2.45, 2.75) is 30.6 Å². The Balaban J connectivity index is 2.11. The number of nitrogens with two attached hydrogens (primary N) is 1. The molecule has 1 aromatic carbocycles. The average molecular weight is 273 g/mol. The molecule has 2 aromatic rings. The molecule has 1 aliphatic heterocycles. The fourth-order valence-corrected chi connectivity index (χ4v) is 4.39. The summed E-state index contributed by atoms with van der Waals surface area (Å²) in [6, 6.07) is 10.5. The first kappa shape index (κ1) is 12.9. The molecular weight excluding hydrogens is 254 g/mol. The van der Waals surface area contributed by atoms with Gasteiger partial charge in [0.15, 0.2) is 0 Å². The molecule has 19 heavy (non-hydrogen) atoms. The van der Waals surface area contributed by atoms with Crippen LogP contribution in [0, 0.1) is 0 Å². The van der Waals surface area contributed by atoms with E-state index < -0.39 is 0 Å². The highest BCUT2D eigenvalue weighted by atomic mass is 32.2. The zero-order valence-corrected chi connectivity index (χ0v) is 11.9. The van der Waals surface area contributed by atoms with E-state index in [2.05, 4.69) is 41.6 Å². The third-order valence-electron chi connectivity index (χ3n) is 4.00. The van der Waals surface area contributed by atoms with Crippen LogP contribution in [0.3, 0.4) is 0 Å². The number of nitrogens with one attached hydrogen (secondary N) is 1. The predicted octanol–water partition coefficient (Wildman–Crippen LogP) is 3.02. The molecule has 1 aliphatic rings. The minimum atomic E-state index is 0.138. The lowest BCUT2D eigenvalue weighted by atomic mass is 9.89. The Morgan fingerprint density at radius 1 is 1.37 bits per heavy atom. The van der Waals surface area contributed by atoms with Gasteiger partial charge in [0.1, 0.15) is 0 Å². The van der Waals surface area contributed by atoms with Gasteiger partial charge in [0.2, 0.25) is 0 Å². The first-order valence-corrected chi connectivity index (χ1v) is 7.67. The van der Waals surface area contributed by atoms with Crippen molar-refractivity contribution in [2.75, 3.05) is 5.75 Å². The van der Waals surface area contributed by atoms with Crippen molar-refractivity contribution >= 4 is 22.7 Å². The van der Waals surface area contributed by atoms with Gasteiger partial charge >= 0.3 is 0 Å². The monoisotopic (exact) mass is 273 g/mol. The minimum absolute atomic E-state index is 0.138. The molecular formula is C15H19N3S. The number of hydrogen-bond donors (Lipinski definition) is 2. The third kappa shape index (κ3) is 2.24. The zero-order valence-electron chi connectivity index (χ0n) is 11.1. The maximum absolute atomic E-state index is 5.87. The van der Waals surface area contributed by atoms with Crippen LogP contribution in [-0.2, 0) is 0 Å². The molecule has 3 nitrogen and oxygen atoms in total. The van der Waals surface area contributed by atoms with Crippen molar-refractivity contribution in [3.63, 3.8) is 0 Å². The van der Waals surface area contributed by atoms with Crippen LogP contribution < -0.4 is 11.3 Å². The lowest BCUT2D eigenvalue weighted by Gasteiger charge is -2.33. The number of pyridine rings is 1. The van der Waals surface area contributed by atoms with E-state index >= 15 is 0 Å². The van der Waals surface area contributed by atoms with Crippen LogP contribution in [0.5, 0.6) is 0 Å². The summed E-state index contributed by atoms with van der Waals surface area (Å²) in [6.45, 7) is 2.30. The molecule has 0 radical (unpaired) electrons. The molecule has 100 valence electrons. The number of para-hydroxylation sites is 1. The normalized spacial score (nSPS) is 24.7. The summed E-state index contributed by atoms with van der Waals surface area (Å²) < 4.78 is 0.153. The average Bonchev–Trinajstić information content (AvgIpc) is 2.87. The molecule has 2 atom stereocenters. The Labute approximate surface area is 117 Å². The van der Waals surface area contributed by atoms with E-state index in [-0.39, 0.29) is 10.8 Å². The van der Waals surface area contributed by atoms with Crippen molar-refractivity contribution in [1.29, 1.82) is 0 Å². The van der Waals surface area contributed by atoms with Crippen molar-refractivity contribution in [3.05, 3.63) is 42.1 Å². The highest BCUT2D eigenvalue weighted by Gasteiger charge is 2.39. The van der Waals surface area contributed by atoms with Crippen LogP contribution in [0.15, 0.2) is 36.5 Å². The van der Waals surface area contributed by atoms with E-state index in [1.165, 1.54) is 29.5 Å². The smallest absolute Gasteiger partial charge is 0.0750 e. The number of hydrogen-bond acceptors (Lipinski definition) is 4. The van der Waals surface area contributed by atoms with Gasteiger partial charge in [-0.1, -0.05) is 24.3 Å². The molecule has 0 spiro atoms. The van der Waals surface area contributed by atoms with Crippen molar-refractivity contribution < 1.29 is 0 Å². The van der Waals surface area contributed by atoms with E-state index in [9.17, 15) is 0 Å². The maximum atomic E-state index is 5.87. The number of nitrogens with zero attached hydrogens (tertiary/aromatic N) is 1. The van der Waals surface area contributed by atoms with Crippen LogP contribution in [0.1, 0.15) is 31.4 Å². The molecule has 3 rings (SSSR count). The summed E-state index contributed by atoms with van der Waals surface area (Å²) in [5, 5.41) is 1.17. The first-order valence-electron chi connectivity index (χ1n) is 6.68. The van der Waals surface area contributed by atoms with Crippen molar-refractivity contribution in [2.24, 2.45) is 5.84 Å². The van der Waals surface area contributed by atoms with Gasteiger partial charge in [-0.3, -0.25) is 16.3 Å². The molecule has 1 fully saturated rings. The standard InChI is InChI=1S/C15H19N3S/c1-15(8-4-10-19-15)14(18-16)12-7-2-5-11-6-3-9-17-13(11)12/h2-3,5-7,9,14,18H,4,8,10,16H2,1H3. The molecule has 0 amide bonds. The Kier molecular flexibility index (Phi) is 3.48. The van der Waals surface area contributed by atoms with Gasteiger partial charge in [-0.2, -0.15) is 11.8 Å². The van der Waals surface area contributed by atoms with Gasteiger partial charge < -0.3 is 0 Å². The summed E-state index contributed by atoms with van der Waals surface area (Å²) in [6.07, 6.45) is 4.30. The van der Waals surface area contributed by atoms with Gasteiger partial charge in [-0.25, -0.2) is 0 Å². The SMILES string of the molecule is CC1(C(NN)c2cccc3cccnc23)CCCS1. The molecule has 2 heterocycles. The quantitative estimate of drug-likeness (QED) is 0.666. The van der Waals surface area contributed by atoms with E-state index in [1.807, 2.05) is 24.0 Å². The second-order valence-electron chi connectivity index (χ2n) is 5.29. The number of hydrazine groups is 1. The number of rotatable bonds is 3. The topological polar surface area (TPSA) is 50.9 Å². The fourth-order valence-electron chi connectivity index (χ4n) is 2.98. The van der Waals surface area contributed by atoms with Crippen LogP contribution in [0.4, 0.5) is 0 Å². The molecule has 1 aromatic heterocycles. The van der Waals surface area contributed by atoms with Gasteiger partial charge in [0, 0.05) is 16.3 Å². The Bertz CT molecular complexity index is 573. The van der Waals surface area contributed by atoms with Crippen molar-refractivity contribution in [3.8, 4) is 0 Å². The highest BCUT2D eigenvalue weighted by Crippen LogP contribution is 2.47. The maximum Gasteiger partial charge on any atom is 0.0750 e. The minimum Gasteiger partial charge on any atom is -0.271 e. The number of aromatic nitrogens is 1. The van der Waals surface area contributed by atoms with Gasteiger partial charge in [0.25, 0.3) is 0 Å². The summed E-state index contributed by atoms with van der Waals surface area (Å²) >= 11 is 2.01. The van der Waals surface area contributed by atoms with E-state index in [4.69, 9.17) is 5.84 Å². The number of benzene rings is 1. The number of fused-ring (bicyclic) bond motifs is 1. The second kappa shape index (κ2) is 5.12. The van der Waals surface area contributed by atoms with Crippen LogP contribution in [0.25, 0.3) is 10.9 Å². The lowest BCUT2D eigenvalue weighted by molar-refractivity contribution is 0.423. The van der Waals surface area contributed by atoms with Crippen LogP contribution in [-0.4, -0.2) is 15.5 Å². The second-order valence-corrected chi connectivity index (χ2v) is 6.92. The largest absolute Gasteiger partial charge is 0.271 e. The first-order chi connectivity index (χ1) is 9.24. The van der Waals surface area contributed by atoms with Crippen LogP contribution >= 0.6 is 11.8 Å². The van der Waals surface area contributed by atoms with Crippen LogP contribution in [0.2, 0.25) is 0 Å². The predicted molar refractivity (Wildman–Crippen MR) is 81.9 cm³/mol. The molecule has 0 saturated carbocycles. The van der Waals surface area contributed by atoms with Gasteiger partial charge in [-0.15, -0.1) is 0 Å². The molecule has 2 unspecified atom stereocenters. The summed E-state index contributed by atoms with van der Waals surface area (Å²) in [4.78, 5) is 4.55. The van der Waals surface area contributed by atoms with Gasteiger partial charge in [0.05, 0.1) is 11.6 Å². The van der Waals surface area contributed by atoms with E-state index in [0.29, 0.717) is 0 Å². The summed E-state index contributed by atoms with van der Waals surface area (Å²) in [5.41, 5.74) is 5.30. The Morgan fingerprint density at radius 2 is 2.21 bits per heavy atom. The van der Waals surface area contributed by atoms with E-state index in [0.717, 1.165) is 5.52 Å². The Morgan fingerprint density at radius 3 is 2.95 bits per heavy atom. The Hall–Kier alpha value is -1.10. The van der Waals surface area contributed by atoms with Gasteiger partial charge in [-0.05, 0) is 37.1 Å². The zero-order chi connectivity index (χ0) is 13.3. The summed E-state index contributed by atoms with van der Waals surface area (Å²) in [7, 11) is 0. The van der Waals surface area contributed by atoms with E-state index in [1.54, 1.807) is 0 Å². The highest BCUT2D eigenvalue weighted by molar-refractivity contribution is 8.00.